The van der Waals surface area contributed by atoms with Crippen LogP contribution in [-0.4, -0.2) is 43.4 Å². The number of methoxy groups -OCH3 is 2. The molecule has 0 N–H and O–H groups in total. The first kappa shape index (κ1) is 22.6. The second-order valence-electron chi connectivity index (χ2n) is 6.49. The number of hydrogen-bond acceptors (Lipinski definition) is 6. The minimum atomic E-state index is -0.278. The molecule has 0 aromatic heterocycles. The quantitative estimate of drug-likeness (QED) is 0.255. The van der Waals surface area contributed by atoms with Gasteiger partial charge < -0.3 is 14.2 Å². The summed E-state index contributed by atoms with van der Waals surface area (Å²) in [6, 6.07) is 13.6. The molecule has 1 aliphatic heterocycles. The van der Waals surface area contributed by atoms with Gasteiger partial charge >= 0.3 is 0 Å². The van der Waals surface area contributed by atoms with Crippen molar-refractivity contribution in [2.75, 3.05) is 27.4 Å². The Bertz CT molecular complexity index is 948. The molecule has 1 saturated heterocycles. The van der Waals surface area contributed by atoms with E-state index in [1.54, 1.807) is 26.4 Å². The van der Waals surface area contributed by atoms with Gasteiger partial charge in [0.2, 0.25) is 0 Å². The van der Waals surface area contributed by atoms with Crippen LogP contribution in [0.4, 0.5) is 4.79 Å². The molecular formula is C22H22INO5S. The molecule has 0 aliphatic carbocycles. The van der Waals surface area contributed by atoms with Crippen molar-refractivity contribution in [3.63, 3.8) is 0 Å². The zero-order valence-electron chi connectivity index (χ0n) is 16.7. The summed E-state index contributed by atoms with van der Waals surface area (Å²) in [6.45, 7) is 1.27. The van der Waals surface area contributed by atoms with E-state index in [4.69, 9.17) is 14.2 Å². The lowest BCUT2D eigenvalue weighted by Gasteiger charge is -2.14. The maximum atomic E-state index is 12.6. The standard InChI is InChI=1S/C22H22INO5S/c1-27-10-6-9-24-21(25)19(30-22(24)26)13-16-11-17(23)20(18(12-16)28-2)29-14-15-7-4-3-5-8-15/h3-5,7-8,11-13H,6,9-10,14H2,1-2H3/b19-13+. The molecule has 1 heterocycles. The molecule has 8 heteroatoms. The minimum absolute atomic E-state index is 0.258. The van der Waals surface area contributed by atoms with Gasteiger partial charge in [0.25, 0.3) is 11.1 Å². The summed E-state index contributed by atoms with van der Waals surface area (Å²) in [5.41, 5.74) is 1.83. The second-order valence-corrected chi connectivity index (χ2v) is 8.64. The molecule has 158 valence electrons. The third-order valence-corrected chi connectivity index (χ3v) is 6.09. The highest BCUT2D eigenvalue weighted by Crippen LogP contribution is 2.37. The molecule has 0 saturated carbocycles. The summed E-state index contributed by atoms with van der Waals surface area (Å²) < 4.78 is 17.3. The largest absolute Gasteiger partial charge is 0.493 e. The highest BCUT2D eigenvalue weighted by molar-refractivity contribution is 14.1. The van der Waals surface area contributed by atoms with Crippen LogP contribution in [0.2, 0.25) is 0 Å². The molecule has 0 bridgehead atoms. The fourth-order valence-corrected chi connectivity index (χ4v) is 4.55. The van der Waals surface area contributed by atoms with E-state index in [9.17, 15) is 9.59 Å². The molecule has 2 aromatic carbocycles. The van der Waals surface area contributed by atoms with Crippen LogP contribution in [0.1, 0.15) is 17.5 Å². The van der Waals surface area contributed by atoms with Gasteiger partial charge in [0.15, 0.2) is 11.5 Å². The Morgan fingerprint density at radius 2 is 1.90 bits per heavy atom. The summed E-state index contributed by atoms with van der Waals surface area (Å²) in [5, 5.41) is -0.258. The van der Waals surface area contributed by atoms with Gasteiger partial charge in [0, 0.05) is 20.3 Å². The van der Waals surface area contributed by atoms with Crippen molar-refractivity contribution in [1.82, 2.24) is 4.90 Å². The molecule has 1 fully saturated rings. The monoisotopic (exact) mass is 539 g/mol. The van der Waals surface area contributed by atoms with Crippen molar-refractivity contribution in [3.8, 4) is 11.5 Å². The van der Waals surface area contributed by atoms with Gasteiger partial charge in [-0.3, -0.25) is 14.5 Å². The van der Waals surface area contributed by atoms with Gasteiger partial charge in [-0.05, 0) is 70.1 Å². The van der Waals surface area contributed by atoms with Crippen LogP contribution in [0.3, 0.4) is 0 Å². The number of amides is 2. The van der Waals surface area contributed by atoms with E-state index in [1.807, 2.05) is 36.4 Å². The Morgan fingerprint density at radius 1 is 1.13 bits per heavy atom. The van der Waals surface area contributed by atoms with Crippen molar-refractivity contribution in [1.29, 1.82) is 0 Å². The maximum absolute atomic E-state index is 12.6. The number of nitrogens with zero attached hydrogens (tertiary/aromatic N) is 1. The fourth-order valence-electron chi connectivity index (χ4n) is 2.90. The van der Waals surface area contributed by atoms with Crippen molar-refractivity contribution < 1.29 is 23.8 Å². The summed E-state index contributed by atoms with van der Waals surface area (Å²) in [4.78, 5) is 26.4. The minimum Gasteiger partial charge on any atom is -0.493 e. The average molecular weight is 539 g/mol. The van der Waals surface area contributed by atoms with Crippen molar-refractivity contribution in [2.45, 2.75) is 13.0 Å². The van der Waals surface area contributed by atoms with E-state index < -0.39 is 0 Å². The number of thioether (sulfide) groups is 1. The van der Waals surface area contributed by atoms with Crippen molar-refractivity contribution >= 4 is 51.6 Å². The molecule has 0 unspecified atom stereocenters. The zero-order chi connectivity index (χ0) is 21.5. The number of halogens is 1. The molecule has 3 rings (SSSR count). The van der Waals surface area contributed by atoms with Gasteiger partial charge in [0.05, 0.1) is 15.6 Å². The van der Waals surface area contributed by atoms with Gasteiger partial charge in [-0.25, -0.2) is 0 Å². The summed E-state index contributed by atoms with van der Waals surface area (Å²) in [7, 11) is 3.17. The van der Waals surface area contributed by atoms with Crippen molar-refractivity contribution in [3.05, 3.63) is 62.1 Å². The molecule has 0 radical (unpaired) electrons. The zero-order valence-corrected chi connectivity index (χ0v) is 19.7. The van der Waals surface area contributed by atoms with Gasteiger partial charge in [-0.2, -0.15) is 0 Å². The Labute approximate surface area is 193 Å². The van der Waals surface area contributed by atoms with Crippen LogP contribution in [0.25, 0.3) is 6.08 Å². The number of carbonyl (C=O) groups excluding carboxylic acids is 2. The molecule has 0 atom stereocenters. The second kappa shape index (κ2) is 10.8. The smallest absolute Gasteiger partial charge is 0.293 e. The number of carbonyl (C=O) groups is 2. The third kappa shape index (κ3) is 5.55. The first-order valence-electron chi connectivity index (χ1n) is 9.32. The first-order valence-corrected chi connectivity index (χ1v) is 11.2. The predicted molar refractivity (Wildman–Crippen MR) is 126 cm³/mol. The van der Waals surface area contributed by atoms with Crippen molar-refractivity contribution in [2.24, 2.45) is 0 Å². The van der Waals surface area contributed by atoms with Gasteiger partial charge in [0.1, 0.15) is 6.61 Å². The highest BCUT2D eigenvalue weighted by atomic mass is 127. The Hall–Kier alpha value is -2.04. The van der Waals surface area contributed by atoms with Crippen LogP contribution < -0.4 is 9.47 Å². The molecule has 30 heavy (non-hydrogen) atoms. The predicted octanol–water partition coefficient (Wildman–Crippen LogP) is 4.95. The Kier molecular flexibility index (Phi) is 8.17. The first-order chi connectivity index (χ1) is 14.5. The molecule has 2 aromatic rings. The molecule has 0 spiro atoms. The summed E-state index contributed by atoms with van der Waals surface area (Å²) >= 11 is 3.13. The molecular weight excluding hydrogens is 517 g/mol. The summed E-state index contributed by atoms with van der Waals surface area (Å²) in [6.07, 6.45) is 2.33. The van der Waals surface area contributed by atoms with E-state index in [0.29, 0.717) is 42.6 Å². The summed E-state index contributed by atoms with van der Waals surface area (Å²) in [5.74, 6) is 0.939. The molecule has 2 amide bonds. The van der Waals surface area contributed by atoms with Crippen LogP contribution in [0.15, 0.2) is 47.4 Å². The number of benzene rings is 2. The lowest BCUT2D eigenvalue weighted by atomic mass is 10.1. The fraction of sp³-hybridized carbons (Fsp3) is 0.273. The van der Waals surface area contributed by atoms with E-state index in [2.05, 4.69) is 22.6 Å². The molecule has 1 aliphatic rings. The number of hydrogen-bond donors (Lipinski definition) is 0. The lowest BCUT2D eigenvalue weighted by Crippen LogP contribution is -2.29. The van der Waals surface area contributed by atoms with E-state index in [-0.39, 0.29) is 11.1 Å². The maximum Gasteiger partial charge on any atom is 0.293 e. The van der Waals surface area contributed by atoms with Crippen LogP contribution in [-0.2, 0) is 16.1 Å². The number of ether oxygens (including phenoxy) is 3. The molecule has 6 nitrogen and oxygen atoms in total. The highest BCUT2D eigenvalue weighted by Gasteiger charge is 2.34. The topological polar surface area (TPSA) is 65.1 Å². The van der Waals surface area contributed by atoms with Crippen LogP contribution >= 0.6 is 34.4 Å². The normalized spacial score (nSPS) is 15.2. The van der Waals surface area contributed by atoms with E-state index in [0.717, 1.165) is 26.5 Å². The Balaban J connectivity index is 1.77. The van der Waals surface area contributed by atoms with E-state index in [1.165, 1.54) is 4.90 Å². The van der Waals surface area contributed by atoms with Gasteiger partial charge in [-0.1, -0.05) is 30.3 Å². The SMILES string of the molecule is COCCCN1C(=O)S/C(=C/c2cc(I)c(OCc3ccccc3)c(OC)c2)C1=O. The third-order valence-electron chi connectivity index (χ3n) is 4.38. The average Bonchev–Trinajstić information content (AvgIpc) is 3.00. The number of imide groups is 1. The number of rotatable bonds is 9. The lowest BCUT2D eigenvalue weighted by molar-refractivity contribution is -0.122. The van der Waals surface area contributed by atoms with Crippen LogP contribution in [0, 0.1) is 3.57 Å². The van der Waals surface area contributed by atoms with Crippen LogP contribution in [0.5, 0.6) is 11.5 Å². The van der Waals surface area contributed by atoms with E-state index >= 15 is 0 Å². The van der Waals surface area contributed by atoms with Gasteiger partial charge in [-0.15, -0.1) is 0 Å². The Morgan fingerprint density at radius 3 is 2.60 bits per heavy atom.